The summed E-state index contributed by atoms with van der Waals surface area (Å²) in [6.45, 7) is 2.53. The summed E-state index contributed by atoms with van der Waals surface area (Å²) in [6, 6.07) is 12.6. The summed E-state index contributed by atoms with van der Waals surface area (Å²) in [6.07, 6.45) is 0.253. The molecule has 1 amide bonds. The summed E-state index contributed by atoms with van der Waals surface area (Å²) < 4.78 is 11.9. The minimum Gasteiger partial charge on any atom is -0.494 e. The predicted octanol–water partition coefficient (Wildman–Crippen LogP) is 2.71. The Labute approximate surface area is 138 Å². The number of nitrogens with zero attached hydrogens (tertiary/aromatic N) is 1. The van der Waals surface area contributed by atoms with E-state index in [1.165, 1.54) is 4.57 Å². The van der Waals surface area contributed by atoms with Crippen molar-refractivity contribution in [1.29, 1.82) is 0 Å². The summed E-state index contributed by atoms with van der Waals surface area (Å²) >= 11 is 0. The van der Waals surface area contributed by atoms with Crippen LogP contribution in [0.2, 0.25) is 0 Å². The maximum atomic E-state index is 12.2. The van der Waals surface area contributed by atoms with Gasteiger partial charge in [0.1, 0.15) is 5.75 Å². The number of nitrogens with one attached hydrogen (secondary N) is 1. The van der Waals surface area contributed by atoms with Gasteiger partial charge in [-0.05, 0) is 36.8 Å². The number of aromatic nitrogens is 1. The van der Waals surface area contributed by atoms with E-state index < -0.39 is 5.76 Å². The van der Waals surface area contributed by atoms with E-state index >= 15 is 0 Å². The Morgan fingerprint density at radius 1 is 1.21 bits per heavy atom. The van der Waals surface area contributed by atoms with Crippen LogP contribution in [0.25, 0.3) is 11.1 Å². The molecular weight excluding hydrogens is 308 g/mol. The van der Waals surface area contributed by atoms with Crippen LogP contribution in [0.15, 0.2) is 51.7 Å². The van der Waals surface area contributed by atoms with Gasteiger partial charge in [-0.25, -0.2) is 4.79 Å². The molecule has 124 valence electrons. The Balaban J connectivity index is 1.69. The topological polar surface area (TPSA) is 73.5 Å². The first kappa shape index (κ1) is 15.9. The van der Waals surface area contributed by atoms with Gasteiger partial charge in [-0.15, -0.1) is 0 Å². The molecule has 0 aliphatic rings. The van der Waals surface area contributed by atoms with Crippen molar-refractivity contribution in [3.8, 4) is 5.75 Å². The Hall–Kier alpha value is -3.02. The zero-order valence-corrected chi connectivity index (χ0v) is 13.5. The first-order valence-corrected chi connectivity index (χ1v) is 7.68. The Morgan fingerprint density at radius 3 is 2.67 bits per heavy atom. The zero-order valence-electron chi connectivity index (χ0n) is 13.5. The Bertz CT molecular complexity index is 922. The highest BCUT2D eigenvalue weighted by Gasteiger charge is 2.09. The third kappa shape index (κ3) is 3.32. The zero-order chi connectivity index (χ0) is 17.1. The van der Waals surface area contributed by atoms with Gasteiger partial charge in [0.2, 0.25) is 5.91 Å². The highest BCUT2D eigenvalue weighted by molar-refractivity contribution is 5.94. The van der Waals surface area contributed by atoms with Crippen LogP contribution < -0.4 is 15.8 Å². The van der Waals surface area contributed by atoms with Crippen LogP contribution in [0, 0.1) is 0 Å². The van der Waals surface area contributed by atoms with Crippen molar-refractivity contribution in [3.05, 3.63) is 58.6 Å². The summed E-state index contributed by atoms with van der Waals surface area (Å²) in [5.74, 6) is 0.214. The molecule has 0 saturated heterocycles. The summed E-state index contributed by atoms with van der Waals surface area (Å²) in [4.78, 5) is 23.6. The van der Waals surface area contributed by atoms with Crippen LogP contribution in [-0.4, -0.2) is 17.1 Å². The lowest BCUT2D eigenvalue weighted by molar-refractivity contribution is -0.115. The van der Waals surface area contributed by atoms with Crippen molar-refractivity contribution in [2.24, 2.45) is 7.05 Å². The molecule has 0 aliphatic carbocycles. The van der Waals surface area contributed by atoms with Crippen molar-refractivity contribution in [2.75, 3.05) is 11.9 Å². The van der Waals surface area contributed by atoms with Gasteiger partial charge in [0.25, 0.3) is 0 Å². The molecule has 0 spiro atoms. The third-order valence-electron chi connectivity index (χ3n) is 3.68. The monoisotopic (exact) mass is 326 g/mol. The van der Waals surface area contributed by atoms with Crippen LogP contribution in [0.3, 0.4) is 0 Å². The highest BCUT2D eigenvalue weighted by atomic mass is 16.5. The normalized spacial score (nSPS) is 10.8. The van der Waals surface area contributed by atoms with E-state index in [1.807, 2.05) is 31.2 Å². The number of hydrogen-bond donors (Lipinski definition) is 1. The van der Waals surface area contributed by atoms with Crippen molar-refractivity contribution in [3.63, 3.8) is 0 Å². The number of ether oxygens (including phenoxy) is 1. The minimum atomic E-state index is -0.428. The molecule has 2 aromatic carbocycles. The second-order valence-electron chi connectivity index (χ2n) is 5.41. The molecular formula is C18H18N2O4. The fraction of sp³-hybridized carbons (Fsp3) is 0.222. The van der Waals surface area contributed by atoms with E-state index in [9.17, 15) is 9.59 Å². The minimum absolute atomic E-state index is 0.142. The number of hydrogen-bond acceptors (Lipinski definition) is 4. The number of carbonyl (C=O) groups is 1. The smallest absolute Gasteiger partial charge is 0.419 e. The maximum Gasteiger partial charge on any atom is 0.419 e. The van der Waals surface area contributed by atoms with Crippen LogP contribution in [0.1, 0.15) is 12.5 Å². The van der Waals surface area contributed by atoms with Crippen molar-refractivity contribution in [1.82, 2.24) is 4.57 Å². The Morgan fingerprint density at radius 2 is 1.96 bits per heavy atom. The maximum absolute atomic E-state index is 12.2. The third-order valence-corrected chi connectivity index (χ3v) is 3.68. The molecule has 0 fully saturated rings. The molecule has 3 rings (SSSR count). The van der Waals surface area contributed by atoms with Gasteiger partial charge in [0.15, 0.2) is 5.58 Å². The molecule has 0 radical (unpaired) electrons. The van der Waals surface area contributed by atoms with Gasteiger partial charge in [-0.2, -0.15) is 0 Å². The predicted molar refractivity (Wildman–Crippen MR) is 91.4 cm³/mol. The largest absolute Gasteiger partial charge is 0.494 e. The van der Waals surface area contributed by atoms with Crippen molar-refractivity contribution < 1.29 is 13.9 Å². The molecule has 6 heteroatoms. The average molecular weight is 326 g/mol. The van der Waals surface area contributed by atoms with E-state index in [2.05, 4.69) is 5.32 Å². The lowest BCUT2D eigenvalue weighted by Gasteiger charge is -2.07. The number of aryl methyl sites for hydroxylation is 1. The molecule has 1 aromatic heterocycles. The van der Waals surface area contributed by atoms with E-state index in [4.69, 9.17) is 9.15 Å². The quantitative estimate of drug-likeness (QED) is 0.782. The number of fused-ring (bicyclic) bond motifs is 1. The molecule has 6 nitrogen and oxygen atoms in total. The number of carbonyl (C=O) groups excluding carboxylic acids is 1. The Kier molecular flexibility index (Phi) is 4.37. The molecule has 0 bridgehead atoms. The fourth-order valence-corrected chi connectivity index (χ4v) is 2.47. The van der Waals surface area contributed by atoms with Gasteiger partial charge in [-0.3, -0.25) is 9.36 Å². The SMILES string of the molecule is CCOc1ccc(CC(=O)Nc2ccc3c(c2)oc(=O)n3C)cc1. The molecule has 3 aromatic rings. The number of anilines is 1. The number of amides is 1. The van der Waals surface area contributed by atoms with Crippen LogP contribution >= 0.6 is 0 Å². The molecule has 24 heavy (non-hydrogen) atoms. The fourth-order valence-electron chi connectivity index (χ4n) is 2.47. The standard InChI is InChI=1S/C18H18N2O4/c1-3-23-14-7-4-12(5-8-14)10-17(21)19-13-6-9-15-16(11-13)24-18(22)20(15)2/h4-9,11H,3,10H2,1-2H3,(H,19,21). The molecule has 0 unspecified atom stereocenters. The van der Waals surface area contributed by atoms with Crippen LogP contribution in [0.4, 0.5) is 5.69 Å². The summed E-state index contributed by atoms with van der Waals surface area (Å²) in [5.41, 5.74) is 2.61. The number of oxazole rings is 1. The van der Waals surface area contributed by atoms with E-state index in [0.717, 1.165) is 11.3 Å². The molecule has 1 N–H and O–H groups in total. The summed E-state index contributed by atoms with van der Waals surface area (Å²) in [5, 5.41) is 2.81. The van der Waals surface area contributed by atoms with Crippen LogP contribution in [0.5, 0.6) is 5.75 Å². The van der Waals surface area contributed by atoms with Gasteiger partial charge in [-0.1, -0.05) is 12.1 Å². The van der Waals surface area contributed by atoms with Gasteiger partial charge < -0.3 is 14.5 Å². The number of benzene rings is 2. The molecule has 0 saturated carbocycles. The van der Waals surface area contributed by atoms with Gasteiger partial charge >= 0.3 is 5.76 Å². The molecule has 0 atom stereocenters. The van der Waals surface area contributed by atoms with E-state index in [1.54, 1.807) is 25.2 Å². The van der Waals surface area contributed by atoms with Gasteiger partial charge in [0, 0.05) is 18.8 Å². The lowest BCUT2D eigenvalue weighted by atomic mass is 10.1. The van der Waals surface area contributed by atoms with E-state index in [-0.39, 0.29) is 12.3 Å². The molecule has 0 aliphatic heterocycles. The van der Waals surface area contributed by atoms with Crippen molar-refractivity contribution in [2.45, 2.75) is 13.3 Å². The summed E-state index contributed by atoms with van der Waals surface area (Å²) in [7, 11) is 1.64. The number of rotatable bonds is 5. The first-order chi connectivity index (χ1) is 11.6. The lowest BCUT2D eigenvalue weighted by Crippen LogP contribution is -2.14. The highest BCUT2D eigenvalue weighted by Crippen LogP contribution is 2.18. The second kappa shape index (κ2) is 6.62. The van der Waals surface area contributed by atoms with Gasteiger partial charge in [0.05, 0.1) is 18.5 Å². The second-order valence-corrected chi connectivity index (χ2v) is 5.41. The van der Waals surface area contributed by atoms with Crippen molar-refractivity contribution >= 4 is 22.7 Å². The average Bonchev–Trinajstić information content (AvgIpc) is 2.83. The first-order valence-electron chi connectivity index (χ1n) is 7.68. The molecule has 1 heterocycles. The van der Waals surface area contributed by atoms with Crippen LogP contribution in [-0.2, 0) is 18.3 Å². The van der Waals surface area contributed by atoms with E-state index in [0.29, 0.717) is 23.4 Å².